The van der Waals surface area contributed by atoms with Gasteiger partial charge < -0.3 is 15.1 Å². The summed E-state index contributed by atoms with van der Waals surface area (Å²) in [5, 5.41) is 29.0. The van der Waals surface area contributed by atoms with Crippen molar-refractivity contribution in [3.8, 4) is 0 Å². The quantitative estimate of drug-likeness (QED) is 0.562. The summed E-state index contributed by atoms with van der Waals surface area (Å²) in [6.07, 6.45) is 1.53. The molecule has 116 valence electrons. The number of nitro groups is 1. The molecule has 0 aliphatic heterocycles. The summed E-state index contributed by atoms with van der Waals surface area (Å²) in [5.41, 5.74) is -1.26. The monoisotopic (exact) mass is 300 g/mol. The smallest absolute Gasteiger partial charge is 0.338 e. The number of carbonyl (C=O) groups is 1. The number of aliphatic hydroxyl groups is 1. The molecule has 1 aromatic rings. The summed E-state index contributed by atoms with van der Waals surface area (Å²) in [7, 11) is 0. The molecule has 0 fully saturated rings. The molecule has 0 unspecified atom stereocenters. The van der Waals surface area contributed by atoms with Gasteiger partial charge >= 0.3 is 5.97 Å². The van der Waals surface area contributed by atoms with E-state index in [0.717, 1.165) is 12.5 Å². The van der Waals surface area contributed by atoms with Crippen molar-refractivity contribution in [2.75, 3.05) is 24.6 Å². The largest absolute Gasteiger partial charge is 0.478 e. The molecule has 8 heteroatoms. The topological polar surface area (TPSA) is 104 Å². The Balaban J connectivity index is 3.33. The third-order valence-corrected chi connectivity index (χ3v) is 2.98. The van der Waals surface area contributed by atoms with Crippen LogP contribution in [0.15, 0.2) is 12.1 Å². The van der Waals surface area contributed by atoms with Crippen molar-refractivity contribution in [3.05, 3.63) is 33.6 Å². The van der Waals surface area contributed by atoms with Crippen LogP contribution in [0.2, 0.25) is 0 Å². The second kappa shape index (κ2) is 7.53. The van der Waals surface area contributed by atoms with Crippen molar-refractivity contribution in [1.29, 1.82) is 0 Å². The lowest BCUT2D eigenvalue weighted by molar-refractivity contribution is -0.384. The predicted molar refractivity (Wildman–Crippen MR) is 74.2 cm³/mol. The summed E-state index contributed by atoms with van der Waals surface area (Å²) >= 11 is 0. The first-order chi connectivity index (χ1) is 9.92. The molecule has 0 saturated carbocycles. The van der Waals surface area contributed by atoms with Crippen LogP contribution in [0.3, 0.4) is 0 Å². The summed E-state index contributed by atoms with van der Waals surface area (Å²) in [6.45, 7) is 2.19. The molecule has 7 nitrogen and oxygen atoms in total. The van der Waals surface area contributed by atoms with Crippen LogP contribution in [0.4, 0.5) is 15.8 Å². The summed E-state index contributed by atoms with van der Waals surface area (Å²) in [4.78, 5) is 22.7. The summed E-state index contributed by atoms with van der Waals surface area (Å²) < 4.78 is 13.8. The molecule has 2 N–H and O–H groups in total. The zero-order valence-electron chi connectivity index (χ0n) is 11.6. The molecule has 0 aliphatic rings. The highest BCUT2D eigenvalue weighted by atomic mass is 19.1. The number of halogens is 1. The van der Waals surface area contributed by atoms with Gasteiger partial charge in [0.05, 0.1) is 11.5 Å². The Hall–Kier alpha value is -2.22. The first-order valence-electron chi connectivity index (χ1n) is 6.49. The van der Waals surface area contributed by atoms with Crippen molar-refractivity contribution in [1.82, 2.24) is 0 Å². The molecular weight excluding hydrogens is 283 g/mol. The minimum absolute atomic E-state index is 0.0231. The van der Waals surface area contributed by atoms with E-state index in [0.29, 0.717) is 19.0 Å². The van der Waals surface area contributed by atoms with Gasteiger partial charge in [-0.1, -0.05) is 13.3 Å². The number of hydrogen-bond donors (Lipinski definition) is 2. The van der Waals surface area contributed by atoms with Crippen molar-refractivity contribution in [2.24, 2.45) is 0 Å². The van der Waals surface area contributed by atoms with E-state index in [1.165, 1.54) is 4.90 Å². The van der Waals surface area contributed by atoms with Crippen molar-refractivity contribution >= 4 is 17.3 Å². The Morgan fingerprint density at radius 2 is 2.10 bits per heavy atom. The van der Waals surface area contributed by atoms with E-state index < -0.39 is 28.0 Å². The lowest BCUT2D eigenvalue weighted by Crippen LogP contribution is -2.28. The zero-order chi connectivity index (χ0) is 16.0. The van der Waals surface area contributed by atoms with E-state index in [4.69, 9.17) is 10.2 Å². The maximum atomic E-state index is 13.8. The highest BCUT2D eigenvalue weighted by Crippen LogP contribution is 2.31. The lowest BCUT2D eigenvalue weighted by Gasteiger charge is -2.23. The molecule has 1 aromatic carbocycles. The van der Waals surface area contributed by atoms with Crippen LogP contribution < -0.4 is 4.90 Å². The second-order valence-electron chi connectivity index (χ2n) is 4.45. The fourth-order valence-electron chi connectivity index (χ4n) is 1.94. The van der Waals surface area contributed by atoms with E-state index >= 15 is 0 Å². The van der Waals surface area contributed by atoms with E-state index in [9.17, 15) is 19.3 Å². The number of rotatable bonds is 8. The number of nitrogens with zero attached hydrogens (tertiary/aromatic N) is 2. The third-order valence-electron chi connectivity index (χ3n) is 2.98. The molecule has 0 heterocycles. The predicted octanol–water partition coefficient (Wildman–Crippen LogP) is 2.03. The summed E-state index contributed by atoms with van der Waals surface area (Å²) in [5.74, 6) is -2.60. The molecule has 0 radical (unpaired) electrons. The van der Waals surface area contributed by atoms with Crippen molar-refractivity contribution < 1.29 is 24.3 Å². The molecule has 0 atom stereocenters. The fourth-order valence-corrected chi connectivity index (χ4v) is 1.94. The van der Waals surface area contributed by atoms with E-state index in [2.05, 4.69) is 0 Å². The number of nitro benzene ring substituents is 1. The number of hydrogen-bond acceptors (Lipinski definition) is 5. The molecule has 21 heavy (non-hydrogen) atoms. The van der Waals surface area contributed by atoms with Crippen LogP contribution >= 0.6 is 0 Å². The van der Waals surface area contributed by atoms with Gasteiger partial charge in [0.1, 0.15) is 17.1 Å². The van der Waals surface area contributed by atoms with Crippen LogP contribution in [-0.4, -0.2) is 40.8 Å². The van der Waals surface area contributed by atoms with Gasteiger partial charge in [0, 0.05) is 25.2 Å². The number of aromatic carboxylic acids is 1. The molecular formula is C13H17FN2O5. The van der Waals surface area contributed by atoms with E-state index in [1.807, 2.05) is 6.92 Å². The van der Waals surface area contributed by atoms with E-state index in [-0.39, 0.29) is 18.8 Å². The van der Waals surface area contributed by atoms with Gasteiger partial charge in [-0.15, -0.1) is 0 Å². The highest BCUT2D eigenvalue weighted by Gasteiger charge is 2.25. The minimum atomic E-state index is -1.57. The molecule has 0 amide bonds. The number of carboxylic acid groups (broad SMARTS) is 1. The Kier molecular flexibility index (Phi) is 6.04. The minimum Gasteiger partial charge on any atom is -0.478 e. The average Bonchev–Trinajstić information content (AvgIpc) is 2.42. The normalized spacial score (nSPS) is 10.4. The van der Waals surface area contributed by atoms with Gasteiger partial charge in [-0.3, -0.25) is 10.1 Å². The van der Waals surface area contributed by atoms with Crippen LogP contribution in [0.1, 0.15) is 30.1 Å². The van der Waals surface area contributed by atoms with E-state index in [1.54, 1.807) is 0 Å². The first kappa shape index (κ1) is 16.8. The zero-order valence-corrected chi connectivity index (χ0v) is 11.6. The Bertz CT molecular complexity index is 536. The summed E-state index contributed by atoms with van der Waals surface area (Å²) in [6, 6.07) is 1.55. The number of carboxylic acids is 1. The molecule has 0 bridgehead atoms. The standard InChI is InChI=1S/C13H17FN2O5/c1-2-3-4-15(5-6-17)11-8-10(14)9(13(18)19)7-12(11)16(20)21/h7-8,17H,2-6H2,1H3,(H,18,19). The molecule has 0 saturated heterocycles. The van der Waals surface area contributed by atoms with Gasteiger partial charge in [-0.25, -0.2) is 9.18 Å². The number of aliphatic hydroxyl groups excluding tert-OH is 1. The highest BCUT2D eigenvalue weighted by molar-refractivity contribution is 5.90. The van der Waals surface area contributed by atoms with Gasteiger partial charge in [-0.05, 0) is 6.42 Å². The number of anilines is 1. The Morgan fingerprint density at radius 3 is 2.57 bits per heavy atom. The SMILES string of the molecule is CCCCN(CCO)c1cc(F)c(C(=O)O)cc1[N+](=O)[O-]. The fraction of sp³-hybridized carbons (Fsp3) is 0.462. The number of benzene rings is 1. The van der Waals surface area contributed by atoms with Crippen LogP contribution in [0.25, 0.3) is 0 Å². The lowest BCUT2D eigenvalue weighted by atomic mass is 10.1. The molecule has 0 aliphatic carbocycles. The average molecular weight is 300 g/mol. The van der Waals surface area contributed by atoms with Gasteiger partial charge in [0.15, 0.2) is 0 Å². The molecule has 1 rings (SSSR count). The van der Waals surface area contributed by atoms with Gasteiger partial charge in [0.2, 0.25) is 0 Å². The maximum absolute atomic E-state index is 13.8. The van der Waals surface area contributed by atoms with Gasteiger partial charge in [0.25, 0.3) is 5.69 Å². The van der Waals surface area contributed by atoms with Crippen molar-refractivity contribution in [3.63, 3.8) is 0 Å². The van der Waals surface area contributed by atoms with Crippen molar-refractivity contribution in [2.45, 2.75) is 19.8 Å². The van der Waals surface area contributed by atoms with Crippen LogP contribution in [-0.2, 0) is 0 Å². The molecule has 0 spiro atoms. The third kappa shape index (κ3) is 4.12. The molecule has 0 aromatic heterocycles. The first-order valence-corrected chi connectivity index (χ1v) is 6.49. The Morgan fingerprint density at radius 1 is 1.43 bits per heavy atom. The maximum Gasteiger partial charge on any atom is 0.338 e. The van der Waals surface area contributed by atoms with Crippen LogP contribution in [0, 0.1) is 15.9 Å². The van der Waals surface area contributed by atoms with Gasteiger partial charge in [-0.2, -0.15) is 0 Å². The second-order valence-corrected chi connectivity index (χ2v) is 4.45. The Labute approximate surface area is 120 Å². The number of unbranched alkanes of at least 4 members (excludes halogenated alkanes) is 1. The van der Waals surface area contributed by atoms with Crippen LogP contribution in [0.5, 0.6) is 0 Å².